The van der Waals surface area contributed by atoms with Gasteiger partial charge < -0.3 is 15.5 Å². The average Bonchev–Trinajstić information content (AvgIpc) is 2.81. The van der Waals surface area contributed by atoms with Gasteiger partial charge in [0.05, 0.1) is 0 Å². The van der Waals surface area contributed by atoms with Gasteiger partial charge in [-0.25, -0.2) is 9.97 Å². The van der Waals surface area contributed by atoms with Crippen LogP contribution in [0.5, 0.6) is 0 Å². The summed E-state index contributed by atoms with van der Waals surface area (Å²) in [5.41, 5.74) is 1.38. The Morgan fingerprint density at radius 3 is 2.47 bits per heavy atom. The molecule has 2 aromatic rings. The van der Waals surface area contributed by atoms with Gasteiger partial charge in [0, 0.05) is 58.2 Å². The van der Waals surface area contributed by atoms with Crippen molar-refractivity contribution < 1.29 is 0 Å². The zero-order valence-electron chi connectivity index (χ0n) is 18.1. The molecule has 1 aliphatic heterocycles. The summed E-state index contributed by atoms with van der Waals surface area (Å²) in [6, 6.07) is 12.5. The molecule has 1 saturated heterocycles. The Labute approximate surface area is 180 Å². The number of benzene rings is 1. The Morgan fingerprint density at radius 1 is 0.967 bits per heavy atom. The quantitative estimate of drug-likeness (QED) is 0.356. The lowest BCUT2D eigenvalue weighted by atomic mass is 10.1. The molecule has 0 unspecified atom stereocenters. The third-order valence-electron chi connectivity index (χ3n) is 5.23. The van der Waals surface area contributed by atoms with Crippen LogP contribution < -0.4 is 15.5 Å². The third-order valence-corrected chi connectivity index (χ3v) is 5.23. The van der Waals surface area contributed by atoms with Crippen LogP contribution in [-0.4, -0.2) is 73.2 Å². The first kappa shape index (κ1) is 22.0. The molecule has 0 spiro atoms. The molecule has 0 bridgehead atoms. The maximum absolute atomic E-state index is 4.72. The highest BCUT2D eigenvalue weighted by molar-refractivity contribution is 5.79. The van der Waals surface area contributed by atoms with Crippen LogP contribution in [-0.2, 0) is 6.42 Å². The fourth-order valence-electron chi connectivity index (χ4n) is 3.60. The standard InChI is InChI=1S/C23H35N7/c1-2-24-22(25-12-6-11-21-9-4-3-5-10-21)26-15-8-16-29-17-19-30(20-18-29)23-27-13-7-14-28-23/h3-5,7,9-10,13-14H,2,6,8,11-12,15-20H2,1H3,(H2,24,25,26). The van der Waals surface area contributed by atoms with Crippen LogP contribution in [0.25, 0.3) is 0 Å². The number of nitrogens with one attached hydrogen (secondary N) is 2. The van der Waals surface area contributed by atoms with Gasteiger partial charge in [-0.1, -0.05) is 30.3 Å². The molecule has 0 aliphatic carbocycles. The second kappa shape index (κ2) is 12.8. The summed E-state index contributed by atoms with van der Waals surface area (Å²) in [5, 5.41) is 6.82. The predicted octanol–water partition coefficient (Wildman–Crippen LogP) is 2.18. The van der Waals surface area contributed by atoms with Crippen molar-refractivity contribution in [3.8, 4) is 0 Å². The number of anilines is 1. The molecule has 1 fully saturated rings. The van der Waals surface area contributed by atoms with Crippen LogP contribution in [0, 0.1) is 0 Å². The number of rotatable bonds is 10. The van der Waals surface area contributed by atoms with Crippen molar-refractivity contribution in [1.29, 1.82) is 0 Å². The van der Waals surface area contributed by atoms with E-state index in [-0.39, 0.29) is 0 Å². The highest BCUT2D eigenvalue weighted by Crippen LogP contribution is 2.09. The largest absolute Gasteiger partial charge is 0.357 e. The van der Waals surface area contributed by atoms with E-state index in [2.05, 4.69) is 67.7 Å². The summed E-state index contributed by atoms with van der Waals surface area (Å²) in [6.07, 6.45) is 6.87. The average molecular weight is 410 g/mol. The fraction of sp³-hybridized carbons (Fsp3) is 0.522. The lowest BCUT2D eigenvalue weighted by Gasteiger charge is -2.34. The molecular formula is C23H35N7. The van der Waals surface area contributed by atoms with Gasteiger partial charge in [-0.3, -0.25) is 9.89 Å². The second-order valence-electron chi connectivity index (χ2n) is 7.51. The molecule has 1 aromatic carbocycles. The maximum Gasteiger partial charge on any atom is 0.225 e. The van der Waals surface area contributed by atoms with Gasteiger partial charge in [-0.05, 0) is 44.4 Å². The van der Waals surface area contributed by atoms with Gasteiger partial charge in [0.15, 0.2) is 5.96 Å². The molecule has 0 saturated carbocycles. The molecular weight excluding hydrogens is 374 g/mol. The molecule has 0 atom stereocenters. The maximum atomic E-state index is 4.72. The van der Waals surface area contributed by atoms with Gasteiger partial charge in [0.1, 0.15) is 0 Å². The summed E-state index contributed by atoms with van der Waals surface area (Å²) in [7, 11) is 0. The molecule has 30 heavy (non-hydrogen) atoms. The molecule has 1 aromatic heterocycles. The van der Waals surface area contributed by atoms with Crippen LogP contribution in [0.4, 0.5) is 5.95 Å². The van der Waals surface area contributed by atoms with Crippen LogP contribution in [0.1, 0.15) is 25.3 Å². The number of aliphatic imine (C=N–C) groups is 1. The molecule has 0 amide bonds. The van der Waals surface area contributed by atoms with Crippen molar-refractivity contribution in [1.82, 2.24) is 25.5 Å². The number of guanidine groups is 1. The Hall–Kier alpha value is -2.67. The molecule has 2 N–H and O–H groups in total. The lowest BCUT2D eigenvalue weighted by Crippen LogP contribution is -2.47. The minimum Gasteiger partial charge on any atom is -0.357 e. The van der Waals surface area contributed by atoms with E-state index in [0.29, 0.717) is 0 Å². The number of aryl methyl sites for hydroxylation is 1. The fourth-order valence-corrected chi connectivity index (χ4v) is 3.60. The highest BCUT2D eigenvalue weighted by atomic mass is 15.3. The van der Waals surface area contributed by atoms with Gasteiger partial charge >= 0.3 is 0 Å². The number of aromatic nitrogens is 2. The van der Waals surface area contributed by atoms with Gasteiger partial charge in [-0.2, -0.15) is 0 Å². The predicted molar refractivity (Wildman–Crippen MR) is 124 cm³/mol. The Kier molecular flexibility index (Phi) is 9.40. The first-order valence-corrected chi connectivity index (χ1v) is 11.2. The zero-order chi connectivity index (χ0) is 20.9. The van der Waals surface area contributed by atoms with Crippen LogP contribution in [0.2, 0.25) is 0 Å². The molecule has 7 heteroatoms. The SMILES string of the molecule is CCNC(=NCCCc1ccccc1)NCCCN1CCN(c2ncccn2)CC1. The molecule has 2 heterocycles. The highest BCUT2D eigenvalue weighted by Gasteiger charge is 2.18. The van der Waals surface area contributed by atoms with Crippen LogP contribution in [0.3, 0.4) is 0 Å². The van der Waals surface area contributed by atoms with E-state index in [0.717, 1.165) is 83.5 Å². The van der Waals surface area contributed by atoms with Crippen molar-refractivity contribution in [3.63, 3.8) is 0 Å². The Balaban J connectivity index is 1.30. The first-order valence-electron chi connectivity index (χ1n) is 11.2. The van der Waals surface area contributed by atoms with E-state index in [1.165, 1.54) is 5.56 Å². The van der Waals surface area contributed by atoms with E-state index in [1.54, 1.807) is 0 Å². The third kappa shape index (κ3) is 7.63. The monoisotopic (exact) mass is 409 g/mol. The number of hydrogen-bond donors (Lipinski definition) is 2. The summed E-state index contributed by atoms with van der Waals surface area (Å²) < 4.78 is 0. The van der Waals surface area contributed by atoms with E-state index in [4.69, 9.17) is 4.99 Å². The second-order valence-corrected chi connectivity index (χ2v) is 7.51. The number of nitrogens with zero attached hydrogens (tertiary/aromatic N) is 5. The van der Waals surface area contributed by atoms with E-state index >= 15 is 0 Å². The minimum absolute atomic E-state index is 0.841. The normalized spacial score (nSPS) is 15.2. The number of hydrogen-bond acceptors (Lipinski definition) is 5. The zero-order valence-corrected chi connectivity index (χ0v) is 18.1. The molecule has 3 rings (SSSR count). The summed E-state index contributed by atoms with van der Waals surface area (Å²) in [4.78, 5) is 18.2. The Morgan fingerprint density at radius 2 is 1.73 bits per heavy atom. The smallest absolute Gasteiger partial charge is 0.225 e. The molecule has 162 valence electrons. The van der Waals surface area contributed by atoms with Gasteiger partial charge in [0.25, 0.3) is 0 Å². The van der Waals surface area contributed by atoms with Crippen molar-refractivity contribution >= 4 is 11.9 Å². The van der Waals surface area contributed by atoms with E-state index in [1.807, 2.05) is 18.5 Å². The lowest BCUT2D eigenvalue weighted by molar-refractivity contribution is 0.254. The first-order chi connectivity index (χ1) is 14.8. The van der Waals surface area contributed by atoms with Crippen LogP contribution >= 0.6 is 0 Å². The van der Waals surface area contributed by atoms with Crippen molar-refractivity contribution in [3.05, 3.63) is 54.4 Å². The minimum atomic E-state index is 0.841. The summed E-state index contributed by atoms with van der Waals surface area (Å²) in [5.74, 6) is 1.77. The summed E-state index contributed by atoms with van der Waals surface area (Å²) >= 11 is 0. The van der Waals surface area contributed by atoms with Gasteiger partial charge in [-0.15, -0.1) is 0 Å². The van der Waals surface area contributed by atoms with Crippen molar-refractivity contribution in [2.75, 3.05) is 57.3 Å². The summed E-state index contributed by atoms with van der Waals surface area (Å²) in [6.45, 7) is 9.97. The molecule has 7 nitrogen and oxygen atoms in total. The number of piperazine rings is 1. The molecule has 1 aliphatic rings. The van der Waals surface area contributed by atoms with Gasteiger partial charge in [0.2, 0.25) is 5.95 Å². The molecule has 0 radical (unpaired) electrons. The van der Waals surface area contributed by atoms with Crippen molar-refractivity contribution in [2.24, 2.45) is 4.99 Å². The Bertz CT molecular complexity index is 728. The van der Waals surface area contributed by atoms with E-state index in [9.17, 15) is 0 Å². The van der Waals surface area contributed by atoms with Crippen molar-refractivity contribution in [2.45, 2.75) is 26.2 Å². The topological polar surface area (TPSA) is 68.7 Å². The van der Waals surface area contributed by atoms with E-state index < -0.39 is 0 Å². The van der Waals surface area contributed by atoms with Crippen LogP contribution in [0.15, 0.2) is 53.8 Å².